The van der Waals surface area contributed by atoms with E-state index in [-0.39, 0.29) is 5.41 Å². The summed E-state index contributed by atoms with van der Waals surface area (Å²) in [7, 11) is 0. The Morgan fingerprint density at radius 1 is 1.44 bits per heavy atom. The van der Waals surface area contributed by atoms with Crippen molar-refractivity contribution in [2.75, 3.05) is 0 Å². The van der Waals surface area contributed by atoms with Gasteiger partial charge in [0.2, 0.25) is 0 Å². The van der Waals surface area contributed by atoms with E-state index in [1.165, 1.54) is 5.56 Å². The zero-order chi connectivity index (χ0) is 11.6. The summed E-state index contributed by atoms with van der Waals surface area (Å²) in [5.74, 6) is -0.609. The van der Waals surface area contributed by atoms with Gasteiger partial charge in [-0.15, -0.1) is 0 Å². The Kier molecular flexibility index (Phi) is 3.33. The van der Waals surface area contributed by atoms with Crippen LogP contribution in [0.2, 0.25) is 0 Å². The van der Waals surface area contributed by atoms with Gasteiger partial charge in [0.15, 0.2) is 0 Å². The molecule has 86 valence electrons. The minimum absolute atomic E-state index is 0.369. The Bertz CT molecular complexity index is 397. The molecule has 1 aliphatic rings. The number of rotatable bonds is 5. The monoisotopic (exact) mass is 282 g/mol. The SMILES string of the molecule is O=C(O)C1(CCCc2cccc(Br)c2)CC1. The molecule has 0 saturated heterocycles. The normalized spacial score (nSPS) is 17.1. The molecule has 0 unspecified atom stereocenters. The van der Waals surface area contributed by atoms with Gasteiger partial charge in [-0.3, -0.25) is 4.79 Å². The molecule has 0 aromatic heterocycles. The summed E-state index contributed by atoms with van der Waals surface area (Å²) >= 11 is 3.43. The van der Waals surface area contributed by atoms with Crippen LogP contribution in [0.25, 0.3) is 0 Å². The first kappa shape index (κ1) is 11.6. The van der Waals surface area contributed by atoms with E-state index < -0.39 is 5.97 Å². The summed E-state index contributed by atoms with van der Waals surface area (Å²) in [6.45, 7) is 0. The van der Waals surface area contributed by atoms with Gasteiger partial charge in [-0.2, -0.15) is 0 Å². The second-order valence-corrected chi connectivity index (χ2v) is 5.48. The van der Waals surface area contributed by atoms with Crippen LogP contribution >= 0.6 is 15.9 Å². The van der Waals surface area contributed by atoms with Crippen LogP contribution in [-0.4, -0.2) is 11.1 Å². The number of hydrogen-bond donors (Lipinski definition) is 1. The van der Waals surface area contributed by atoms with Crippen molar-refractivity contribution in [3.63, 3.8) is 0 Å². The Labute approximate surface area is 104 Å². The molecule has 0 atom stereocenters. The first-order valence-electron chi connectivity index (χ1n) is 5.60. The van der Waals surface area contributed by atoms with E-state index in [9.17, 15) is 4.79 Å². The second kappa shape index (κ2) is 4.58. The highest BCUT2D eigenvalue weighted by molar-refractivity contribution is 9.10. The molecule has 1 N–H and O–H groups in total. The predicted octanol–water partition coefficient (Wildman–Crippen LogP) is 3.64. The summed E-state index contributed by atoms with van der Waals surface area (Å²) in [6, 6.07) is 8.21. The Morgan fingerprint density at radius 2 is 2.19 bits per heavy atom. The molecule has 16 heavy (non-hydrogen) atoms. The van der Waals surface area contributed by atoms with Crippen LogP contribution in [0, 0.1) is 5.41 Å². The highest BCUT2D eigenvalue weighted by atomic mass is 79.9. The Morgan fingerprint density at radius 3 is 2.75 bits per heavy atom. The molecular weight excluding hydrogens is 268 g/mol. The number of carboxylic acid groups (broad SMARTS) is 1. The minimum atomic E-state index is -0.609. The molecule has 0 radical (unpaired) electrons. The van der Waals surface area contributed by atoms with Crippen LogP contribution in [0.5, 0.6) is 0 Å². The lowest BCUT2D eigenvalue weighted by molar-refractivity contribution is -0.143. The van der Waals surface area contributed by atoms with Gasteiger partial charge >= 0.3 is 5.97 Å². The third kappa shape index (κ3) is 2.64. The molecule has 0 bridgehead atoms. The van der Waals surface area contributed by atoms with Crippen molar-refractivity contribution < 1.29 is 9.90 Å². The lowest BCUT2D eigenvalue weighted by Gasteiger charge is -2.09. The first-order chi connectivity index (χ1) is 7.62. The lowest BCUT2D eigenvalue weighted by atomic mass is 9.97. The Hall–Kier alpha value is -0.830. The van der Waals surface area contributed by atoms with Crippen LogP contribution < -0.4 is 0 Å². The number of benzene rings is 1. The molecule has 2 rings (SSSR count). The maximum absolute atomic E-state index is 11.0. The molecule has 1 fully saturated rings. The van der Waals surface area contributed by atoms with E-state index in [0.717, 1.165) is 36.6 Å². The van der Waals surface area contributed by atoms with Crippen LogP contribution in [-0.2, 0) is 11.2 Å². The number of aliphatic carboxylic acids is 1. The van der Waals surface area contributed by atoms with Gasteiger partial charge in [-0.25, -0.2) is 0 Å². The van der Waals surface area contributed by atoms with Gasteiger partial charge in [-0.1, -0.05) is 28.1 Å². The molecule has 0 aliphatic heterocycles. The average Bonchev–Trinajstić information content (AvgIpc) is 2.99. The standard InChI is InChI=1S/C13H15BrO2/c14-11-5-1-3-10(9-11)4-2-6-13(7-8-13)12(15)16/h1,3,5,9H,2,4,6-8H2,(H,15,16). The Balaban J connectivity index is 1.83. The van der Waals surface area contributed by atoms with Crippen molar-refractivity contribution in [1.82, 2.24) is 0 Å². The molecule has 0 heterocycles. The highest BCUT2D eigenvalue weighted by Crippen LogP contribution is 2.49. The van der Waals surface area contributed by atoms with E-state index in [1.807, 2.05) is 12.1 Å². The van der Waals surface area contributed by atoms with Crippen LogP contribution in [0.1, 0.15) is 31.2 Å². The summed E-state index contributed by atoms with van der Waals surface area (Å²) < 4.78 is 1.09. The number of aryl methyl sites for hydroxylation is 1. The molecule has 1 aromatic rings. The van der Waals surface area contributed by atoms with Crippen molar-refractivity contribution in [3.05, 3.63) is 34.3 Å². The zero-order valence-corrected chi connectivity index (χ0v) is 10.7. The van der Waals surface area contributed by atoms with E-state index in [2.05, 4.69) is 28.1 Å². The smallest absolute Gasteiger partial charge is 0.309 e. The van der Waals surface area contributed by atoms with Gasteiger partial charge in [0.1, 0.15) is 0 Å². The fourth-order valence-electron chi connectivity index (χ4n) is 2.05. The number of hydrogen-bond acceptors (Lipinski definition) is 1. The lowest BCUT2D eigenvalue weighted by Crippen LogP contribution is -2.14. The van der Waals surface area contributed by atoms with E-state index in [1.54, 1.807) is 0 Å². The predicted molar refractivity (Wildman–Crippen MR) is 66.4 cm³/mol. The summed E-state index contributed by atoms with van der Waals surface area (Å²) in [6.07, 6.45) is 4.47. The van der Waals surface area contributed by atoms with Crippen molar-refractivity contribution in [1.29, 1.82) is 0 Å². The maximum atomic E-state index is 11.0. The molecule has 2 nitrogen and oxygen atoms in total. The molecule has 1 saturated carbocycles. The topological polar surface area (TPSA) is 37.3 Å². The number of carboxylic acids is 1. The summed E-state index contributed by atoms with van der Waals surface area (Å²) in [4.78, 5) is 11.0. The summed E-state index contributed by atoms with van der Waals surface area (Å²) in [5.41, 5.74) is 0.905. The molecule has 1 aromatic carbocycles. The maximum Gasteiger partial charge on any atom is 0.309 e. The van der Waals surface area contributed by atoms with Crippen molar-refractivity contribution in [2.45, 2.75) is 32.1 Å². The average molecular weight is 283 g/mol. The third-order valence-electron chi connectivity index (χ3n) is 3.32. The molecule has 0 spiro atoms. The summed E-state index contributed by atoms with van der Waals surface area (Å²) in [5, 5.41) is 9.04. The number of carbonyl (C=O) groups is 1. The number of halogens is 1. The first-order valence-corrected chi connectivity index (χ1v) is 6.40. The third-order valence-corrected chi connectivity index (χ3v) is 3.81. The fourth-order valence-corrected chi connectivity index (χ4v) is 2.49. The fraction of sp³-hybridized carbons (Fsp3) is 0.462. The molecular formula is C13H15BrO2. The zero-order valence-electron chi connectivity index (χ0n) is 9.08. The van der Waals surface area contributed by atoms with Gasteiger partial charge in [0, 0.05) is 4.47 Å². The van der Waals surface area contributed by atoms with Crippen molar-refractivity contribution >= 4 is 21.9 Å². The molecule has 0 amide bonds. The van der Waals surface area contributed by atoms with E-state index in [0.29, 0.717) is 0 Å². The molecule has 3 heteroatoms. The van der Waals surface area contributed by atoms with E-state index in [4.69, 9.17) is 5.11 Å². The minimum Gasteiger partial charge on any atom is -0.481 e. The molecule has 1 aliphatic carbocycles. The second-order valence-electron chi connectivity index (χ2n) is 4.57. The largest absolute Gasteiger partial charge is 0.481 e. The van der Waals surface area contributed by atoms with Gasteiger partial charge < -0.3 is 5.11 Å². The quantitative estimate of drug-likeness (QED) is 0.895. The van der Waals surface area contributed by atoms with Gasteiger partial charge in [0.25, 0.3) is 0 Å². The van der Waals surface area contributed by atoms with Crippen LogP contribution in [0.3, 0.4) is 0 Å². The highest BCUT2D eigenvalue weighted by Gasteiger charge is 2.49. The van der Waals surface area contributed by atoms with E-state index >= 15 is 0 Å². The van der Waals surface area contributed by atoms with Crippen molar-refractivity contribution in [3.8, 4) is 0 Å². The van der Waals surface area contributed by atoms with Gasteiger partial charge in [0.05, 0.1) is 5.41 Å². The van der Waals surface area contributed by atoms with Crippen LogP contribution in [0.15, 0.2) is 28.7 Å². The van der Waals surface area contributed by atoms with Crippen molar-refractivity contribution in [2.24, 2.45) is 5.41 Å². The van der Waals surface area contributed by atoms with Crippen LogP contribution in [0.4, 0.5) is 0 Å². The van der Waals surface area contributed by atoms with Gasteiger partial charge in [-0.05, 0) is 49.8 Å².